The van der Waals surface area contributed by atoms with E-state index in [1.165, 1.54) is 0 Å². The summed E-state index contributed by atoms with van der Waals surface area (Å²) in [5.74, 6) is 1.63. The van der Waals surface area contributed by atoms with Gasteiger partial charge in [0.05, 0.1) is 5.39 Å². The van der Waals surface area contributed by atoms with E-state index in [9.17, 15) is 0 Å². The number of aromatic amines is 1. The Labute approximate surface area is 101 Å². The molecule has 0 bridgehead atoms. The van der Waals surface area contributed by atoms with E-state index in [1.807, 2.05) is 45.1 Å². The molecule has 1 N–H and O–H groups in total. The predicted octanol–water partition coefficient (Wildman–Crippen LogP) is 2.12. The highest BCUT2D eigenvalue weighted by molar-refractivity contribution is 5.87. The van der Waals surface area contributed by atoms with Crippen LogP contribution in [0.4, 0.5) is 5.82 Å². The number of anilines is 1. The lowest BCUT2D eigenvalue weighted by Gasteiger charge is -2.16. The summed E-state index contributed by atoms with van der Waals surface area (Å²) in [7, 11) is 3.95. The van der Waals surface area contributed by atoms with E-state index >= 15 is 0 Å². The molecule has 0 radical (unpaired) electrons. The summed E-state index contributed by atoms with van der Waals surface area (Å²) in [5.41, 5.74) is 0.852. The lowest BCUT2D eigenvalue weighted by atomic mass is 10.3. The van der Waals surface area contributed by atoms with Crippen LogP contribution in [0, 0.1) is 0 Å². The van der Waals surface area contributed by atoms with Gasteiger partial charge in [0, 0.05) is 26.9 Å². The highest BCUT2D eigenvalue weighted by atomic mass is 16.5. The van der Waals surface area contributed by atoms with Crippen molar-refractivity contribution in [1.82, 2.24) is 15.0 Å². The van der Waals surface area contributed by atoms with Gasteiger partial charge in [0.15, 0.2) is 5.82 Å². The van der Waals surface area contributed by atoms with Crippen LogP contribution >= 0.6 is 0 Å². The number of nitrogens with zero attached hydrogens (tertiary/aromatic N) is 3. The summed E-state index contributed by atoms with van der Waals surface area (Å²) in [6, 6.07) is 1.99. The van der Waals surface area contributed by atoms with Gasteiger partial charge in [-0.2, -0.15) is 0 Å². The molecule has 92 valence electrons. The Hall–Kier alpha value is -1.62. The Balaban J connectivity index is 2.51. The zero-order valence-electron chi connectivity index (χ0n) is 10.7. The van der Waals surface area contributed by atoms with Gasteiger partial charge in [-0.15, -0.1) is 0 Å². The highest BCUT2D eigenvalue weighted by Crippen LogP contribution is 2.24. The Bertz CT molecular complexity index is 506. The fourth-order valence-corrected chi connectivity index (χ4v) is 1.79. The third-order valence-electron chi connectivity index (χ3n) is 2.62. The van der Waals surface area contributed by atoms with Crippen LogP contribution in [-0.2, 0) is 4.74 Å². The van der Waals surface area contributed by atoms with Crippen LogP contribution in [0.5, 0.6) is 0 Å². The van der Waals surface area contributed by atoms with E-state index in [1.54, 1.807) is 0 Å². The second-order valence-electron chi connectivity index (χ2n) is 4.14. The molecule has 5 nitrogen and oxygen atoms in total. The van der Waals surface area contributed by atoms with E-state index in [2.05, 4.69) is 15.0 Å². The number of aromatic nitrogens is 3. The molecule has 0 aliphatic rings. The van der Waals surface area contributed by atoms with Crippen molar-refractivity contribution >= 4 is 16.9 Å². The molecule has 5 heteroatoms. The molecule has 0 saturated carbocycles. The van der Waals surface area contributed by atoms with Gasteiger partial charge in [0.2, 0.25) is 0 Å². The van der Waals surface area contributed by atoms with E-state index in [0.717, 1.165) is 16.9 Å². The molecule has 0 aliphatic heterocycles. The van der Waals surface area contributed by atoms with Crippen molar-refractivity contribution in [3.8, 4) is 0 Å². The van der Waals surface area contributed by atoms with Crippen LogP contribution in [0.1, 0.15) is 25.8 Å². The molecule has 1 unspecified atom stereocenters. The summed E-state index contributed by atoms with van der Waals surface area (Å²) < 4.78 is 5.53. The molecule has 1 atom stereocenters. The van der Waals surface area contributed by atoms with E-state index in [-0.39, 0.29) is 6.10 Å². The predicted molar refractivity (Wildman–Crippen MR) is 68.3 cm³/mol. The molecule has 0 aromatic carbocycles. The third-order valence-corrected chi connectivity index (χ3v) is 2.62. The van der Waals surface area contributed by atoms with Crippen LogP contribution in [0.15, 0.2) is 12.3 Å². The standard InChI is InChI=1S/C12H18N4O/c1-5-17-8(2)10-14-11-9(6-7-13-11)12(15-10)16(3)4/h6-8H,5H2,1-4H3,(H,13,14,15). The van der Waals surface area contributed by atoms with Crippen LogP contribution in [0.2, 0.25) is 0 Å². The quantitative estimate of drug-likeness (QED) is 0.880. The van der Waals surface area contributed by atoms with Crippen molar-refractivity contribution in [3.05, 3.63) is 18.1 Å². The van der Waals surface area contributed by atoms with Crippen molar-refractivity contribution < 1.29 is 4.74 Å². The number of ether oxygens (including phenoxy) is 1. The monoisotopic (exact) mass is 234 g/mol. The van der Waals surface area contributed by atoms with Crippen LogP contribution in [0.25, 0.3) is 11.0 Å². The van der Waals surface area contributed by atoms with E-state index in [4.69, 9.17) is 4.74 Å². The number of rotatable bonds is 4. The van der Waals surface area contributed by atoms with Crippen molar-refractivity contribution in [2.24, 2.45) is 0 Å². The number of H-pyrrole nitrogens is 1. The summed E-state index contributed by atoms with van der Waals surface area (Å²) >= 11 is 0. The smallest absolute Gasteiger partial charge is 0.161 e. The second kappa shape index (κ2) is 4.71. The Morgan fingerprint density at radius 1 is 1.41 bits per heavy atom. The molecule has 0 amide bonds. The van der Waals surface area contributed by atoms with Crippen molar-refractivity contribution in [2.45, 2.75) is 20.0 Å². The van der Waals surface area contributed by atoms with Gasteiger partial charge in [0.1, 0.15) is 17.6 Å². The fraction of sp³-hybridized carbons (Fsp3) is 0.500. The maximum atomic E-state index is 5.53. The Morgan fingerprint density at radius 2 is 2.18 bits per heavy atom. The molecule has 2 aromatic heterocycles. The zero-order chi connectivity index (χ0) is 12.4. The maximum absolute atomic E-state index is 5.53. The molecule has 0 fully saturated rings. The first-order valence-corrected chi connectivity index (χ1v) is 5.77. The average molecular weight is 234 g/mol. The highest BCUT2D eigenvalue weighted by Gasteiger charge is 2.14. The number of hydrogen-bond donors (Lipinski definition) is 1. The number of fused-ring (bicyclic) bond motifs is 1. The third kappa shape index (κ3) is 2.24. The lowest BCUT2D eigenvalue weighted by Crippen LogP contribution is -2.14. The Morgan fingerprint density at radius 3 is 2.82 bits per heavy atom. The molecule has 2 rings (SSSR count). The first-order valence-electron chi connectivity index (χ1n) is 5.77. The summed E-state index contributed by atoms with van der Waals surface area (Å²) in [6.07, 6.45) is 1.79. The van der Waals surface area contributed by atoms with Gasteiger partial charge in [-0.1, -0.05) is 0 Å². The minimum absolute atomic E-state index is 0.0913. The molecule has 0 saturated heterocycles. The SMILES string of the molecule is CCOC(C)c1nc(N(C)C)c2cc[nH]c2n1. The minimum atomic E-state index is -0.0913. The molecule has 0 spiro atoms. The van der Waals surface area contributed by atoms with Crippen LogP contribution in [-0.4, -0.2) is 35.7 Å². The van der Waals surface area contributed by atoms with Gasteiger partial charge in [-0.05, 0) is 19.9 Å². The van der Waals surface area contributed by atoms with Crippen molar-refractivity contribution in [1.29, 1.82) is 0 Å². The average Bonchev–Trinajstić information content (AvgIpc) is 2.75. The molecule has 17 heavy (non-hydrogen) atoms. The molecular formula is C12H18N4O. The topological polar surface area (TPSA) is 54.0 Å². The molecular weight excluding hydrogens is 216 g/mol. The first-order chi connectivity index (χ1) is 8.13. The summed E-state index contributed by atoms with van der Waals surface area (Å²) in [5, 5.41) is 1.03. The van der Waals surface area contributed by atoms with E-state index in [0.29, 0.717) is 12.4 Å². The molecule has 0 aliphatic carbocycles. The fourth-order valence-electron chi connectivity index (χ4n) is 1.79. The molecule has 2 aromatic rings. The second-order valence-corrected chi connectivity index (χ2v) is 4.14. The summed E-state index contributed by atoms with van der Waals surface area (Å²) in [4.78, 5) is 14.1. The van der Waals surface area contributed by atoms with Crippen LogP contribution < -0.4 is 4.90 Å². The van der Waals surface area contributed by atoms with Gasteiger partial charge >= 0.3 is 0 Å². The zero-order valence-corrected chi connectivity index (χ0v) is 10.7. The number of hydrogen-bond acceptors (Lipinski definition) is 4. The van der Waals surface area contributed by atoms with Crippen molar-refractivity contribution in [2.75, 3.05) is 25.6 Å². The van der Waals surface area contributed by atoms with Gasteiger partial charge < -0.3 is 14.6 Å². The lowest BCUT2D eigenvalue weighted by molar-refractivity contribution is 0.0703. The van der Waals surface area contributed by atoms with E-state index < -0.39 is 0 Å². The van der Waals surface area contributed by atoms with Gasteiger partial charge in [-0.3, -0.25) is 0 Å². The van der Waals surface area contributed by atoms with Crippen molar-refractivity contribution in [3.63, 3.8) is 0 Å². The first kappa shape index (κ1) is 11.9. The normalized spacial score (nSPS) is 12.9. The minimum Gasteiger partial charge on any atom is -0.371 e. The molecule has 2 heterocycles. The maximum Gasteiger partial charge on any atom is 0.161 e. The number of nitrogens with one attached hydrogen (secondary N) is 1. The summed E-state index contributed by atoms with van der Waals surface area (Å²) in [6.45, 7) is 4.59. The van der Waals surface area contributed by atoms with Gasteiger partial charge in [0.25, 0.3) is 0 Å². The van der Waals surface area contributed by atoms with Gasteiger partial charge in [-0.25, -0.2) is 9.97 Å². The van der Waals surface area contributed by atoms with Crippen LogP contribution in [0.3, 0.4) is 0 Å². The largest absolute Gasteiger partial charge is 0.371 e. The Kier molecular flexibility index (Phi) is 3.28.